The Hall–Kier alpha value is -2.83. The molecule has 0 saturated heterocycles. The van der Waals surface area contributed by atoms with Crippen molar-refractivity contribution >= 4 is 17.4 Å². The lowest BCUT2D eigenvalue weighted by molar-refractivity contribution is 0.105. The van der Waals surface area contributed by atoms with Crippen LogP contribution < -0.4 is 5.56 Å². The molecule has 0 radical (unpaired) electrons. The van der Waals surface area contributed by atoms with Gasteiger partial charge < -0.3 is 4.74 Å². The molecule has 0 spiro atoms. The van der Waals surface area contributed by atoms with Crippen molar-refractivity contribution in [1.29, 1.82) is 0 Å². The van der Waals surface area contributed by atoms with Crippen molar-refractivity contribution in [1.82, 2.24) is 14.6 Å². The largest absolute Gasteiger partial charge is 0.375 e. The van der Waals surface area contributed by atoms with Gasteiger partial charge in [-0.3, -0.25) is 9.89 Å². The highest BCUT2D eigenvalue weighted by atomic mass is 32.2. The average Bonchev–Trinajstić information content (AvgIpc) is 3.27. The Balaban J connectivity index is 1.39. The topological polar surface area (TPSA) is 59.4 Å². The SMILES string of the molecule is CC(C)CCCC(C)CCOCc1cc(=O)n2[nH]cc(-c3ccc(Sc4ccccc4)cc3)c2n1. The number of benzene rings is 2. The van der Waals surface area contributed by atoms with E-state index in [1.165, 1.54) is 28.7 Å². The number of aromatic nitrogens is 3. The summed E-state index contributed by atoms with van der Waals surface area (Å²) >= 11 is 1.73. The summed E-state index contributed by atoms with van der Waals surface area (Å²) in [7, 11) is 0. The first kappa shape index (κ1) is 25.3. The smallest absolute Gasteiger partial charge is 0.272 e. The van der Waals surface area contributed by atoms with Crippen LogP contribution in [0.15, 0.2) is 81.4 Å². The first-order valence-electron chi connectivity index (χ1n) is 12.5. The van der Waals surface area contributed by atoms with Crippen LogP contribution in [0, 0.1) is 11.8 Å². The van der Waals surface area contributed by atoms with Crippen molar-refractivity contribution in [3.63, 3.8) is 0 Å². The Kier molecular flexibility index (Phi) is 8.83. The lowest BCUT2D eigenvalue weighted by Gasteiger charge is -2.12. The minimum absolute atomic E-state index is 0.127. The molecule has 0 saturated carbocycles. The molecule has 35 heavy (non-hydrogen) atoms. The third-order valence-corrected chi connectivity index (χ3v) is 7.19. The van der Waals surface area contributed by atoms with E-state index in [1.54, 1.807) is 17.8 Å². The van der Waals surface area contributed by atoms with Gasteiger partial charge in [0, 0.05) is 34.2 Å². The van der Waals surface area contributed by atoms with Gasteiger partial charge in [0.25, 0.3) is 5.56 Å². The van der Waals surface area contributed by atoms with Crippen molar-refractivity contribution in [3.05, 3.63) is 82.9 Å². The predicted molar refractivity (Wildman–Crippen MR) is 144 cm³/mol. The minimum Gasteiger partial charge on any atom is -0.375 e. The number of hydrogen-bond donors (Lipinski definition) is 1. The summed E-state index contributed by atoms with van der Waals surface area (Å²) in [5.41, 5.74) is 3.08. The molecule has 184 valence electrons. The Morgan fingerprint density at radius 2 is 1.71 bits per heavy atom. The fourth-order valence-electron chi connectivity index (χ4n) is 4.12. The summed E-state index contributed by atoms with van der Waals surface area (Å²) in [5.74, 6) is 1.41. The maximum atomic E-state index is 12.6. The van der Waals surface area contributed by atoms with Gasteiger partial charge in [0.2, 0.25) is 0 Å². The van der Waals surface area contributed by atoms with Gasteiger partial charge in [0.15, 0.2) is 5.65 Å². The monoisotopic (exact) mass is 489 g/mol. The molecule has 0 amide bonds. The fraction of sp³-hybridized carbons (Fsp3) is 0.379. The minimum atomic E-state index is -0.127. The van der Waals surface area contributed by atoms with Crippen molar-refractivity contribution in [2.24, 2.45) is 11.8 Å². The van der Waals surface area contributed by atoms with Crippen molar-refractivity contribution in [2.75, 3.05) is 6.61 Å². The van der Waals surface area contributed by atoms with Gasteiger partial charge in [-0.1, -0.05) is 82.1 Å². The molecule has 6 heteroatoms. The standard InChI is InChI=1S/C29H35N3O2S/c1-21(2)8-7-9-22(3)16-17-34-20-24-18-28(33)32-29(31-24)27(19-30-32)23-12-14-26(15-13-23)35-25-10-5-4-6-11-25/h4-6,10-15,18-19,21-22,30H,7-9,16-17,20H2,1-3H3. The number of hydrogen-bond acceptors (Lipinski definition) is 4. The van der Waals surface area contributed by atoms with Crippen LogP contribution in [0.4, 0.5) is 0 Å². The fourth-order valence-corrected chi connectivity index (χ4v) is 4.96. The summed E-state index contributed by atoms with van der Waals surface area (Å²) in [6, 6.07) is 20.2. The molecular weight excluding hydrogens is 454 g/mol. The van der Waals surface area contributed by atoms with E-state index in [0.29, 0.717) is 30.5 Å². The second-order valence-electron chi connectivity index (χ2n) is 9.64. The normalized spacial score (nSPS) is 12.5. The van der Waals surface area contributed by atoms with E-state index in [-0.39, 0.29) is 5.56 Å². The van der Waals surface area contributed by atoms with E-state index >= 15 is 0 Å². The van der Waals surface area contributed by atoms with Gasteiger partial charge >= 0.3 is 0 Å². The summed E-state index contributed by atoms with van der Waals surface area (Å²) in [4.78, 5) is 19.8. The molecule has 0 aliphatic heterocycles. The molecule has 5 nitrogen and oxygen atoms in total. The number of rotatable bonds is 12. The van der Waals surface area contributed by atoms with Crippen LogP contribution in [0.3, 0.4) is 0 Å². The van der Waals surface area contributed by atoms with Gasteiger partial charge in [0.05, 0.1) is 12.3 Å². The molecule has 2 aromatic carbocycles. The van der Waals surface area contributed by atoms with E-state index in [2.05, 4.69) is 62.3 Å². The number of H-pyrrole nitrogens is 1. The Labute approximate surface area is 211 Å². The average molecular weight is 490 g/mol. The molecule has 4 rings (SSSR count). The highest BCUT2D eigenvalue weighted by molar-refractivity contribution is 7.99. The third kappa shape index (κ3) is 7.09. The van der Waals surface area contributed by atoms with Crippen LogP contribution in [0.25, 0.3) is 16.8 Å². The van der Waals surface area contributed by atoms with Crippen LogP contribution in [0.5, 0.6) is 0 Å². The van der Waals surface area contributed by atoms with E-state index in [9.17, 15) is 4.79 Å². The van der Waals surface area contributed by atoms with Crippen molar-refractivity contribution in [2.45, 2.75) is 62.9 Å². The maximum absolute atomic E-state index is 12.6. The first-order chi connectivity index (χ1) is 17.0. The highest BCUT2D eigenvalue weighted by Crippen LogP contribution is 2.30. The van der Waals surface area contributed by atoms with Gasteiger partial charge in [-0.15, -0.1) is 0 Å². The summed E-state index contributed by atoms with van der Waals surface area (Å²) in [5, 5.41) is 3.04. The van der Waals surface area contributed by atoms with E-state index < -0.39 is 0 Å². The lowest BCUT2D eigenvalue weighted by Crippen LogP contribution is -2.16. The Morgan fingerprint density at radius 1 is 0.971 bits per heavy atom. The molecule has 4 aromatic rings. The molecule has 0 fully saturated rings. The van der Waals surface area contributed by atoms with Gasteiger partial charge in [-0.25, -0.2) is 9.50 Å². The number of ether oxygens (including phenoxy) is 1. The number of nitrogens with zero attached hydrogens (tertiary/aromatic N) is 2. The molecule has 0 aliphatic rings. The Bertz CT molecular complexity index is 1260. The van der Waals surface area contributed by atoms with E-state index in [0.717, 1.165) is 28.4 Å². The zero-order chi connectivity index (χ0) is 24.6. The number of fused-ring (bicyclic) bond motifs is 1. The number of aromatic amines is 1. The van der Waals surface area contributed by atoms with Crippen molar-refractivity contribution in [3.8, 4) is 11.1 Å². The van der Waals surface area contributed by atoms with E-state index in [4.69, 9.17) is 9.72 Å². The molecule has 0 aliphatic carbocycles. The molecule has 2 heterocycles. The van der Waals surface area contributed by atoms with Crippen LogP contribution >= 0.6 is 11.8 Å². The van der Waals surface area contributed by atoms with Crippen LogP contribution in [0.2, 0.25) is 0 Å². The molecule has 1 N–H and O–H groups in total. The molecular formula is C29H35N3O2S. The molecule has 2 aromatic heterocycles. The second-order valence-corrected chi connectivity index (χ2v) is 10.8. The quantitative estimate of drug-likeness (QED) is 0.214. The molecule has 0 bridgehead atoms. The zero-order valence-corrected chi connectivity index (χ0v) is 21.7. The summed E-state index contributed by atoms with van der Waals surface area (Å²) in [6.07, 6.45) is 6.67. The van der Waals surface area contributed by atoms with Crippen molar-refractivity contribution < 1.29 is 4.74 Å². The molecule has 1 unspecified atom stereocenters. The third-order valence-electron chi connectivity index (χ3n) is 6.18. The van der Waals surface area contributed by atoms with Gasteiger partial charge in [-0.05, 0) is 48.1 Å². The zero-order valence-electron chi connectivity index (χ0n) is 20.9. The maximum Gasteiger partial charge on any atom is 0.272 e. The van der Waals surface area contributed by atoms with Gasteiger partial charge in [0.1, 0.15) is 0 Å². The predicted octanol–water partition coefficient (Wildman–Crippen LogP) is 7.21. The van der Waals surface area contributed by atoms with Crippen LogP contribution in [0.1, 0.15) is 52.1 Å². The highest BCUT2D eigenvalue weighted by Gasteiger charge is 2.12. The van der Waals surface area contributed by atoms with E-state index in [1.807, 2.05) is 24.4 Å². The summed E-state index contributed by atoms with van der Waals surface area (Å²) < 4.78 is 7.38. The van der Waals surface area contributed by atoms with Gasteiger partial charge in [-0.2, -0.15) is 0 Å². The molecule has 1 atom stereocenters. The Morgan fingerprint density at radius 3 is 2.46 bits per heavy atom. The van der Waals surface area contributed by atoms with Crippen LogP contribution in [-0.4, -0.2) is 21.2 Å². The first-order valence-corrected chi connectivity index (χ1v) is 13.3. The lowest BCUT2D eigenvalue weighted by atomic mass is 9.98. The summed E-state index contributed by atoms with van der Waals surface area (Å²) in [6.45, 7) is 7.87. The second kappa shape index (κ2) is 12.2. The number of nitrogens with one attached hydrogen (secondary N) is 1. The van der Waals surface area contributed by atoms with Crippen LogP contribution in [-0.2, 0) is 11.3 Å².